The van der Waals surface area contributed by atoms with Crippen molar-refractivity contribution in [1.29, 1.82) is 0 Å². The van der Waals surface area contributed by atoms with Gasteiger partial charge in [-0.15, -0.1) is 0 Å². The average molecular weight is 458 g/mol. The summed E-state index contributed by atoms with van der Waals surface area (Å²) in [5, 5.41) is 4.75. The summed E-state index contributed by atoms with van der Waals surface area (Å²) < 4.78 is 42.9. The van der Waals surface area contributed by atoms with E-state index in [4.69, 9.17) is 4.74 Å². The number of benzene rings is 2. The van der Waals surface area contributed by atoms with E-state index in [-0.39, 0.29) is 17.3 Å². The molecule has 2 fully saturated rings. The molecule has 2 aromatic carbocycles. The van der Waals surface area contributed by atoms with Crippen molar-refractivity contribution in [2.75, 3.05) is 43.1 Å². The standard InChI is InChI=1S/C24H28FN3O3S/c25-20-3-1-2-18(14-20)22-15-19-12-17(16-28-6-10-32(29,30)11-7-28)13-23(24(19)27-22)26-21-4-8-31-9-5-21/h1-3,12-15,21,26-27H,4-11,16H2. The van der Waals surface area contributed by atoms with Crippen LogP contribution < -0.4 is 5.32 Å². The van der Waals surface area contributed by atoms with Gasteiger partial charge >= 0.3 is 0 Å². The molecule has 1 aromatic heterocycles. The Hall–Kier alpha value is -2.42. The molecule has 0 spiro atoms. The topological polar surface area (TPSA) is 74.4 Å². The first-order valence-electron chi connectivity index (χ1n) is 11.1. The largest absolute Gasteiger partial charge is 0.381 e. The van der Waals surface area contributed by atoms with Crippen LogP contribution in [0.3, 0.4) is 0 Å². The molecule has 0 unspecified atom stereocenters. The second-order valence-electron chi connectivity index (χ2n) is 8.76. The molecule has 5 rings (SSSR count). The number of H-pyrrole nitrogens is 1. The number of anilines is 1. The predicted octanol–water partition coefficient (Wildman–Crippen LogP) is 3.80. The molecule has 32 heavy (non-hydrogen) atoms. The summed E-state index contributed by atoms with van der Waals surface area (Å²) in [5.41, 5.74) is 4.84. The lowest BCUT2D eigenvalue weighted by Crippen LogP contribution is -2.39. The third kappa shape index (κ3) is 4.82. The summed E-state index contributed by atoms with van der Waals surface area (Å²) in [6.45, 7) is 3.33. The number of ether oxygens (including phenoxy) is 1. The van der Waals surface area contributed by atoms with E-state index >= 15 is 0 Å². The van der Waals surface area contributed by atoms with Gasteiger partial charge in [0, 0.05) is 55.5 Å². The van der Waals surface area contributed by atoms with Gasteiger partial charge in [0.15, 0.2) is 9.84 Å². The molecular weight excluding hydrogens is 429 g/mol. The normalized spacial score (nSPS) is 19.9. The molecule has 8 heteroatoms. The number of hydrogen-bond donors (Lipinski definition) is 2. The monoisotopic (exact) mass is 457 g/mol. The predicted molar refractivity (Wildman–Crippen MR) is 125 cm³/mol. The van der Waals surface area contributed by atoms with Crippen molar-refractivity contribution in [2.24, 2.45) is 0 Å². The highest BCUT2D eigenvalue weighted by molar-refractivity contribution is 7.91. The molecule has 170 valence electrons. The van der Waals surface area contributed by atoms with Gasteiger partial charge in [0.1, 0.15) is 5.82 Å². The molecule has 0 atom stereocenters. The number of rotatable bonds is 5. The van der Waals surface area contributed by atoms with Gasteiger partial charge < -0.3 is 15.0 Å². The molecular formula is C24H28FN3O3S. The summed E-state index contributed by atoms with van der Waals surface area (Å²) >= 11 is 0. The van der Waals surface area contributed by atoms with Crippen molar-refractivity contribution < 1.29 is 17.5 Å². The Morgan fingerprint density at radius 2 is 1.88 bits per heavy atom. The minimum atomic E-state index is -2.90. The maximum atomic E-state index is 13.8. The molecule has 0 amide bonds. The Labute approximate surface area is 187 Å². The van der Waals surface area contributed by atoms with Crippen molar-refractivity contribution >= 4 is 26.4 Å². The van der Waals surface area contributed by atoms with Crippen LogP contribution in [0.1, 0.15) is 18.4 Å². The molecule has 2 N–H and O–H groups in total. The van der Waals surface area contributed by atoms with E-state index in [0.29, 0.717) is 25.7 Å². The van der Waals surface area contributed by atoms with Crippen molar-refractivity contribution in [2.45, 2.75) is 25.4 Å². The van der Waals surface area contributed by atoms with E-state index in [2.05, 4.69) is 33.4 Å². The van der Waals surface area contributed by atoms with Gasteiger partial charge in [-0.05, 0) is 48.7 Å². The van der Waals surface area contributed by atoms with E-state index in [0.717, 1.165) is 59.5 Å². The van der Waals surface area contributed by atoms with Crippen LogP contribution >= 0.6 is 0 Å². The lowest BCUT2D eigenvalue weighted by atomic mass is 10.1. The third-order valence-electron chi connectivity index (χ3n) is 6.35. The molecule has 2 aliphatic rings. The van der Waals surface area contributed by atoms with Crippen LogP contribution in [0.15, 0.2) is 42.5 Å². The summed E-state index contributed by atoms with van der Waals surface area (Å²) in [7, 11) is -2.90. The van der Waals surface area contributed by atoms with E-state index in [1.807, 2.05) is 6.07 Å². The highest BCUT2D eigenvalue weighted by Crippen LogP contribution is 2.32. The fraction of sp³-hybridized carbons (Fsp3) is 0.417. The van der Waals surface area contributed by atoms with Gasteiger partial charge in [-0.25, -0.2) is 12.8 Å². The molecule has 3 aromatic rings. The molecule has 6 nitrogen and oxygen atoms in total. The maximum Gasteiger partial charge on any atom is 0.152 e. The number of nitrogens with zero attached hydrogens (tertiary/aromatic N) is 1. The number of aromatic nitrogens is 1. The Bertz CT molecular complexity index is 1200. The van der Waals surface area contributed by atoms with Crippen LogP contribution in [0.5, 0.6) is 0 Å². The summed E-state index contributed by atoms with van der Waals surface area (Å²) in [4.78, 5) is 5.68. The Kier molecular flexibility index (Phi) is 5.92. The van der Waals surface area contributed by atoms with E-state index < -0.39 is 9.84 Å². The minimum Gasteiger partial charge on any atom is -0.381 e. The molecule has 2 aliphatic heterocycles. The zero-order valence-electron chi connectivity index (χ0n) is 17.9. The Morgan fingerprint density at radius 3 is 2.62 bits per heavy atom. The quantitative estimate of drug-likeness (QED) is 0.610. The van der Waals surface area contributed by atoms with Crippen molar-refractivity contribution in [1.82, 2.24) is 9.88 Å². The number of nitrogens with one attached hydrogen (secondary N) is 2. The van der Waals surface area contributed by atoms with Gasteiger partial charge in [-0.1, -0.05) is 12.1 Å². The first-order chi connectivity index (χ1) is 15.4. The fourth-order valence-electron chi connectivity index (χ4n) is 4.55. The fourth-order valence-corrected chi connectivity index (χ4v) is 5.83. The Balaban J connectivity index is 1.48. The Morgan fingerprint density at radius 1 is 1.09 bits per heavy atom. The van der Waals surface area contributed by atoms with Crippen LogP contribution in [0.25, 0.3) is 22.2 Å². The lowest BCUT2D eigenvalue weighted by Gasteiger charge is -2.27. The summed E-state index contributed by atoms with van der Waals surface area (Å²) in [6.07, 6.45) is 1.90. The number of aromatic amines is 1. The average Bonchev–Trinajstić information content (AvgIpc) is 3.21. The highest BCUT2D eigenvalue weighted by atomic mass is 32.2. The van der Waals surface area contributed by atoms with E-state index in [1.54, 1.807) is 6.07 Å². The minimum absolute atomic E-state index is 0.219. The number of hydrogen-bond acceptors (Lipinski definition) is 5. The first-order valence-corrected chi connectivity index (χ1v) is 13.0. The van der Waals surface area contributed by atoms with Crippen molar-refractivity contribution in [3.05, 3.63) is 53.8 Å². The summed E-state index contributed by atoms with van der Waals surface area (Å²) in [6, 6.07) is 13.3. The third-order valence-corrected chi connectivity index (χ3v) is 7.96. The SMILES string of the molecule is O=S1(=O)CCN(Cc2cc(NC3CCOCC3)c3[nH]c(-c4cccc(F)c4)cc3c2)CC1. The molecule has 0 aliphatic carbocycles. The number of halogens is 1. The molecule has 0 bridgehead atoms. The van der Waals surface area contributed by atoms with E-state index in [1.165, 1.54) is 12.1 Å². The van der Waals surface area contributed by atoms with Crippen LogP contribution in [0, 0.1) is 5.82 Å². The second kappa shape index (κ2) is 8.84. The molecule has 3 heterocycles. The number of fused-ring (bicyclic) bond motifs is 1. The molecule has 0 radical (unpaired) electrons. The zero-order chi connectivity index (χ0) is 22.1. The van der Waals surface area contributed by atoms with E-state index in [9.17, 15) is 12.8 Å². The smallest absolute Gasteiger partial charge is 0.152 e. The van der Waals surface area contributed by atoms with Crippen LogP contribution in [0.2, 0.25) is 0 Å². The van der Waals surface area contributed by atoms with Gasteiger partial charge in [0.05, 0.1) is 22.7 Å². The number of sulfone groups is 1. The highest BCUT2D eigenvalue weighted by Gasteiger charge is 2.22. The van der Waals surface area contributed by atoms with Gasteiger partial charge in [-0.3, -0.25) is 4.90 Å². The first kappa shape index (κ1) is 21.4. The van der Waals surface area contributed by atoms with Crippen LogP contribution in [0.4, 0.5) is 10.1 Å². The van der Waals surface area contributed by atoms with Gasteiger partial charge in [0.25, 0.3) is 0 Å². The zero-order valence-corrected chi connectivity index (χ0v) is 18.8. The van der Waals surface area contributed by atoms with Gasteiger partial charge in [0.2, 0.25) is 0 Å². The van der Waals surface area contributed by atoms with Crippen molar-refractivity contribution in [3.8, 4) is 11.3 Å². The van der Waals surface area contributed by atoms with Crippen molar-refractivity contribution in [3.63, 3.8) is 0 Å². The molecule has 0 saturated carbocycles. The second-order valence-corrected chi connectivity index (χ2v) is 11.1. The summed E-state index contributed by atoms with van der Waals surface area (Å²) in [5.74, 6) is 0.175. The molecule has 2 saturated heterocycles. The van der Waals surface area contributed by atoms with Gasteiger partial charge in [-0.2, -0.15) is 0 Å². The lowest BCUT2D eigenvalue weighted by molar-refractivity contribution is 0.0905. The maximum absolute atomic E-state index is 13.8. The van der Waals surface area contributed by atoms with Crippen LogP contribution in [-0.4, -0.2) is 62.2 Å². The van der Waals surface area contributed by atoms with Crippen LogP contribution in [-0.2, 0) is 21.1 Å².